The van der Waals surface area contributed by atoms with Gasteiger partial charge in [0.05, 0.1) is 23.2 Å². The van der Waals surface area contributed by atoms with Crippen LogP contribution in [0, 0.1) is 25.7 Å². The predicted molar refractivity (Wildman–Crippen MR) is 156 cm³/mol. The summed E-state index contributed by atoms with van der Waals surface area (Å²) in [6, 6.07) is 5.40. The zero-order valence-electron chi connectivity index (χ0n) is 23.3. The monoisotopic (exact) mass is 554 g/mol. The Morgan fingerprint density at radius 2 is 1.97 bits per heavy atom. The molecular weight excluding hydrogens is 512 g/mol. The van der Waals surface area contributed by atoms with Crippen LogP contribution in [-0.2, 0) is 19.1 Å². The zero-order chi connectivity index (χ0) is 28.2. The highest BCUT2D eigenvalue weighted by molar-refractivity contribution is 8.02. The maximum atomic E-state index is 14.6. The van der Waals surface area contributed by atoms with Gasteiger partial charge in [-0.15, -0.1) is 24.9 Å². The van der Waals surface area contributed by atoms with Crippen molar-refractivity contribution in [3.63, 3.8) is 0 Å². The largest absolute Gasteiger partial charge is 0.465 e. The smallest absolute Gasteiger partial charge is 0.310 e. The molecule has 1 spiro atoms. The van der Waals surface area contributed by atoms with E-state index in [4.69, 9.17) is 9.84 Å². The number of carbonyl (C=O) groups excluding carboxylic acids is 3. The van der Waals surface area contributed by atoms with Crippen molar-refractivity contribution in [2.24, 2.45) is 11.8 Å². The molecule has 3 saturated heterocycles. The number of aryl methyl sites for hydroxylation is 2. The van der Waals surface area contributed by atoms with Gasteiger partial charge in [0.15, 0.2) is 0 Å². The van der Waals surface area contributed by atoms with E-state index in [1.165, 1.54) is 0 Å². The maximum Gasteiger partial charge on any atom is 0.310 e. The number of ether oxygens (including phenoxy) is 1. The summed E-state index contributed by atoms with van der Waals surface area (Å²) in [5.74, 6) is -1.64. The first kappa shape index (κ1) is 29.4. The van der Waals surface area contributed by atoms with Crippen LogP contribution in [0.5, 0.6) is 0 Å². The Kier molecular flexibility index (Phi) is 9.60. The van der Waals surface area contributed by atoms with Crippen molar-refractivity contribution in [1.29, 1.82) is 0 Å². The van der Waals surface area contributed by atoms with Crippen LogP contribution in [0.3, 0.4) is 0 Å². The van der Waals surface area contributed by atoms with Crippen LogP contribution in [0.4, 0.5) is 5.69 Å². The van der Waals surface area contributed by atoms with Gasteiger partial charge in [-0.05, 0) is 63.1 Å². The fourth-order valence-corrected chi connectivity index (χ4v) is 8.82. The molecule has 8 heteroatoms. The molecular formula is C31H42N2O5S. The van der Waals surface area contributed by atoms with Gasteiger partial charge in [-0.25, -0.2) is 0 Å². The fourth-order valence-electron chi connectivity index (χ4n) is 6.62. The van der Waals surface area contributed by atoms with Gasteiger partial charge >= 0.3 is 5.97 Å². The Bertz CT molecular complexity index is 1110. The van der Waals surface area contributed by atoms with E-state index in [2.05, 4.69) is 13.2 Å². The van der Waals surface area contributed by atoms with Crippen molar-refractivity contribution in [3.05, 3.63) is 54.6 Å². The summed E-state index contributed by atoms with van der Waals surface area (Å²) in [4.78, 5) is 45.6. The molecule has 2 bridgehead atoms. The van der Waals surface area contributed by atoms with Crippen molar-refractivity contribution in [1.82, 2.24) is 4.90 Å². The number of thioether (sulfide) groups is 1. The molecule has 3 aliphatic rings. The van der Waals surface area contributed by atoms with Gasteiger partial charge in [0.2, 0.25) is 5.91 Å². The van der Waals surface area contributed by atoms with Crippen LogP contribution in [-0.4, -0.2) is 70.1 Å². The lowest BCUT2D eigenvalue weighted by atomic mass is 9.71. The van der Waals surface area contributed by atoms with E-state index in [0.29, 0.717) is 19.5 Å². The summed E-state index contributed by atoms with van der Waals surface area (Å²) in [7, 11) is 0. The Balaban J connectivity index is 1.70. The molecule has 1 aromatic rings. The molecule has 3 fully saturated rings. The second-order valence-electron chi connectivity index (χ2n) is 11.0. The van der Waals surface area contributed by atoms with Gasteiger partial charge in [-0.1, -0.05) is 37.1 Å². The molecule has 4 rings (SSSR count). The number of amides is 2. The lowest BCUT2D eigenvalue weighted by molar-refractivity contribution is -0.154. The number of rotatable bonds is 14. The van der Waals surface area contributed by atoms with E-state index in [1.807, 2.05) is 32.0 Å². The normalized spacial score (nSPS) is 26.9. The van der Waals surface area contributed by atoms with Gasteiger partial charge in [-0.2, -0.15) is 0 Å². The molecule has 0 aliphatic carbocycles. The predicted octanol–water partition coefficient (Wildman–Crippen LogP) is 4.59. The fraction of sp³-hybridized carbons (Fsp3) is 0.581. The van der Waals surface area contributed by atoms with Crippen molar-refractivity contribution in [2.75, 3.05) is 31.2 Å². The molecule has 2 unspecified atom stereocenters. The average Bonchev–Trinajstić information content (AvgIpc) is 3.56. The van der Waals surface area contributed by atoms with Crippen LogP contribution in [0.15, 0.2) is 43.5 Å². The Labute approximate surface area is 236 Å². The van der Waals surface area contributed by atoms with Crippen molar-refractivity contribution in [2.45, 2.75) is 74.8 Å². The number of hydrogen-bond donors (Lipinski definition) is 1. The number of nitrogens with zero attached hydrogens (tertiary/aromatic N) is 2. The molecule has 0 aromatic heterocycles. The third-order valence-corrected chi connectivity index (χ3v) is 10.4. The van der Waals surface area contributed by atoms with Crippen molar-refractivity contribution in [3.8, 4) is 0 Å². The number of fused-ring (bicyclic) bond motifs is 1. The van der Waals surface area contributed by atoms with Crippen LogP contribution in [0.2, 0.25) is 0 Å². The van der Waals surface area contributed by atoms with E-state index >= 15 is 0 Å². The topological polar surface area (TPSA) is 87.1 Å². The number of likely N-dealkylation sites (tertiary alicyclic amines) is 1. The SMILES string of the molecule is C=CCCOC(=O)[C@@H]1[C@H]2C(=O)N(CCCCCCO)C(C(=O)N(CC=C)c3cc(C)ccc3C)C23CC[C@H]1S3. The quantitative estimate of drug-likeness (QED) is 0.206. The number of benzene rings is 1. The number of esters is 1. The highest BCUT2D eigenvalue weighted by Crippen LogP contribution is 2.66. The standard InChI is InChI=1S/C31H42N2O5S/c1-5-7-19-38-30(37)25-24-14-15-31(39-24)26(25)28(35)33(17-10-8-9-11-18-34)27(31)29(36)32(16-6-2)23-20-21(3)12-13-22(23)4/h5-6,12-13,20,24-27,34H,1-2,7-11,14-19H2,3-4H3/t24-,25+,26+,27?,31?/m1/s1. The third-order valence-electron chi connectivity index (χ3n) is 8.41. The number of aliphatic hydroxyl groups is 1. The maximum absolute atomic E-state index is 14.6. The van der Waals surface area contributed by atoms with Crippen LogP contribution >= 0.6 is 11.8 Å². The number of unbranched alkanes of at least 4 members (excludes halogenated alkanes) is 3. The van der Waals surface area contributed by atoms with E-state index in [1.54, 1.807) is 33.7 Å². The Hall–Kier alpha value is -2.58. The lowest BCUT2D eigenvalue weighted by Crippen LogP contribution is -2.55. The Morgan fingerprint density at radius 3 is 2.69 bits per heavy atom. The summed E-state index contributed by atoms with van der Waals surface area (Å²) < 4.78 is 4.94. The highest BCUT2D eigenvalue weighted by atomic mass is 32.2. The van der Waals surface area contributed by atoms with Crippen molar-refractivity contribution >= 4 is 35.2 Å². The first-order chi connectivity index (χ1) is 18.8. The van der Waals surface area contributed by atoms with Gasteiger partial charge in [0.1, 0.15) is 6.04 Å². The van der Waals surface area contributed by atoms with E-state index in [9.17, 15) is 14.4 Å². The molecule has 0 radical (unpaired) electrons. The molecule has 7 nitrogen and oxygen atoms in total. The van der Waals surface area contributed by atoms with E-state index in [0.717, 1.165) is 55.3 Å². The van der Waals surface area contributed by atoms with Crippen LogP contribution in [0.25, 0.3) is 0 Å². The third kappa shape index (κ3) is 5.55. The summed E-state index contributed by atoms with van der Waals surface area (Å²) in [5, 5.41) is 9.14. The molecule has 5 atom stereocenters. The van der Waals surface area contributed by atoms with Gasteiger partial charge < -0.3 is 19.6 Å². The van der Waals surface area contributed by atoms with Gasteiger partial charge in [0.25, 0.3) is 5.91 Å². The molecule has 212 valence electrons. The first-order valence-electron chi connectivity index (χ1n) is 14.2. The molecule has 1 N–H and O–H groups in total. The minimum atomic E-state index is -0.659. The van der Waals surface area contributed by atoms with Crippen molar-refractivity contribution < 1.29 is 24.2 Å². The molecule has 2 amide bonds. The Morgan fingerprint density at radius 1 is 1.21 bits per heavy atom. The number of anilines is 1. The summed E-state index contributed by atoms with van der Waals surface area (Å²) in [6.45, 7) is 12.8. The number of hydrogen-bond acceptors (Lipinski definition) is 6. The molecule has 39 heavy (non-hydrogen) atoms. The minimum Gasteiger partial charge on any atom is -0.465 e. The first-order valence-corrected chi connectivity index (χ1v) is 15.0. The highest BCUT2D eigenvalue weighted by Gasteiger charge is 2.74. The van der Waals surface area contributed by atoms with E-state index < -0.39 is 22.6 Å². The minimum absolute atomic E-state index is 0.0225. The van der Waals surface area contributed by atoms with Crippen LogP contribution in [0.1, 0.15) is 56.1 Å². The number of carbonyl (C=O) groups is 3. The molecule has 3 aliphatic heterocycles. The average molecular weight is 555 g/mol. The van der Waals surface area contributed by atoms with Crippen LogP contribution < -0.4 is 4.90 Å². The molecule has 3 heterocycles. The summed E-state index contributed by atoms with van der Waals surface area (Å²) in [5.41, 5.74) is 2.86. The van der Waals surface area contributed by atoms with Gasteiger partial charge in [-0.3, -0.25) is 14.4 Å². The van der Waals surface area contributed by atoms with E-state index in [-0.39, 0.29) is 36.2 Å². The lowest BCUT2D eigenvalue weighted by Gasteiger charge is -2.37. The zero-order valence-corrected chi connectivity index (χ0v) is 24.1. The second-order valence-corrected chi connectivity index (χ2v) is 12.6. The summed E-state index contributed by atoms with van der Waals surface area (Å²) in [6.07, 6.45) is 8.70. The second kappa shape index (κ2) is 12.7. The number of aliphatic hydroxyl groups excluding tert-OH is 1. The molecule has 0 saturated carbocycles. The molecule has 1 aromatic carbocycles. The van der Waals surface area contributed by atoms with Gasteiger partial charge in [0, 0.05) is 30.6 Å². The summed E-state index contributed by atoms with van der Waals surface area (Å²) >= 11 is 1.66.